The molecular weight excluding hydrogens is 386 g/mol. The van der Waals surface area contributed by atoms with Crippen LogP contribution in [0.5, 0.6) is 0 Å². The highest BCUT2D eigenvalue weighted by Crippen LogP contribution is 2.33. The number of fused-ring (bicyclic) bond motifs is 1. The normalized spacial score (nSPS) is 10.6. The number of carbonyl (C=O) groups excluding carboxylic acids is 3. The van der Waals surface area contributed by atoms with E-state index < -0.39 is 24.5 Å². The topological polar surface area (TPSA) is 81.7 Å². The summed E-state index contributed by atoms with van der Waals surface area (Å²) < 4.78 is 10.8. The molecule has 140 valence electrons. The molecule has 2 heterocycles. The van der Waals surface area contributed by atoms with Crippen molar-refractivity contribution in [2.75, 3.05) is 19.0 Å². The van der Waals surface area contributed by atoms with Gasteiger partial charge in [0.25, 0.3) is 5.91 Å². The van der Waals surface area contributed by atoms with Gasteiger partial charge in [-0.3, -0.25) is 4.79 Å². The lowest BCUT2D eigenvalue weighted by Gasteiger charge is -2.06. The van der Waals surface area contributed by atoms with Gasteiger partial charge in [-0.05, 0) is 36.9 Å². The van der Waals surface area contributed by atoms with Crippen LogP contribution in [-0.2, 0) is 14.3 Å². The van der Waals surface area contributed by atoms with Gasteiger partial charge in [0.1, 0.15) is 9.88 Å². The van der Waals surface area contributed by atoms with Gasteiger partial charge in [-0.1, -0.05) is 18.2 Å². The fourth-order valence-corrected chi connectivity index (χ4v) is 4.53. The second-order valence-electron chi connectivity index (χ2n) is 5.75. The van der Waals surface area contributed by atoms with Crippen LogP contribution in [0.2, 0.25) is 0 Å². The molecular formula is C19H17NO5S2. The first-order valence-corrected chi connectivity index (χ1v) is 9.68. The smallest absolute Gasteiger partial charge is 0.348 e. The van der Waals surface area contributed by atoms with Gasteiger partial charge in [-0.25, -0.2) is 9.59 Å². The lowest BCUT2D eigenvalue weighted by molar-refractivity contribution is -0.119. The van der Waals surface area contributed by atoms with Crippen LogP contribution in [-0.4, -0.2) is 31.6 Å². The van der Waals surface area contributed by atoms with Crippen LogP contribution in [0.3, 0.4) is 0 Å². The highest BCUT2D eigenvalue weighted by atomic mass is 32.1. The van der Waals surface area contributed by atoms with Crippen molar-refractivity contribution in [2.45, 2.75) is 13.8 Å². The molecule has 1 aromatic carbocycles. The predicted molar refractivity (Wildman–Crippen MR) is 106 cm³/mol. The van der Waals surface area contributed by atoms with Crippen molar-refractivity contribution in [3.8, 4) is 0 Å². The number of ether oxygens (including phenoxy) is 2. The summed E-state index contributed by atoms with van der Waals surface area (Å²) in [7, 11) is 1.28. The van der Waals surface area contributed by atoms with Crippen LogP contribution in [0, 0.1) is 13.8 Å². The number of carbonyl (C=O) groups is 3. The third-order valence-electron chi connectivity index (χ3n) is 3.99. The molecule has 6 nitrogen and oxygen atoms in total. The van der Waals surface area contributed by atoms with Crippen molar-refractivity contribution in [2.24, 2.45) is 0 Å². The van der Waals surface area contributed by atoms with E-state index in [4.69, 9.17) is 9.47 Å². The van der Waals surface area contributed by atoms with Crippen molar-refractivity contribution in [1.29, 1.82) is 0 Å². The molecule has 3 aromatic rings. The molecule has 0 atom stereocenters. The zero-order valence-corrected chi connectivity index (χ0v) is 16.6. The number of methoxy groups -OCH3 is 1. The van der Waals surface area contributed by atoms with Gasteiger partial charge in [-0.15, -0.1) is 22.7 Å². The van der Waals surface area contributed by atoms with E-state index in [0.29, 0.717) is 15.4 Å². The molecule has 0 saturated heterocycles. The SMILES string of the molecule is COC(=O)c1c(NC(=O)COC(=O)c2cc3ccccc3s2)sc(C)c1C. The maximum Gasteiger partial charge on any atom is 0.348 e. The summed E-state index contributed by atoms with van der Waals surface area (Å²) in [6, 6.07) is 9.35. The number of hydrogen-bond donors (Lipinski definition) is 1. The predicted octanol–water partition coefficient (Wildman–Crippen LogP) is 4.16. The molecule has 0 aliphatic rings. The number of anilines is 1. The van der Waals surface area contributed by atoms with E-state index in [1.165, 1.54) is 29.8 Å². The second-order valence-corrected chi connectivity index (χ2v) is 8.06. The Hall–Kier alpha value is -2.71. The van der Waals surface area contributed by atoms with Crippen LogP contribution in [0.4, 0.5) is 5.00 Å². The van der Waals surface area contributed by atoms with Crippen LogP contribution in [0.15, 0.2) is 30.3 Å². The number of hydrogen-bond acceptors (Lipinski definition) is 7. The Labute approximate surface area is 163 Å². The molecule has 0 aliphatic heterocycles. The second kappa shape index (κ2) is 7.89. The summed E-state index contributed by atoms with van der Waals surface area (Å²) in [6.45, 7) is 3.20. The van der Waals surface area contributed by atoms with Gasteiger partial charge in [0.15, 0.2) is 6.61 Å². The molecule has 0 radical (unpaired) electrons. The average molecular weight is 403 g/mol. The molecule has 3 rings (SSSR count). The number of esters is 2. The lowest BCUT2D eigenvalue weighted by Crippen LogP contribution is -2.21. The van der Waals surface area contributed by atoms with Crippen LogP contribution < -0.4 is 5.32 Å². The highest BCUT2D eigenvalue weighted by Gasteiger charge is 2.22. The molecule has 27 heavy (non-hydrogen) atoms. The standard InChI is InChI=1S/C19H17NO5S2/c1-10-11(2)26-17(16(10)19(23)24-3)20-15(21)9-25-18(22)14-8-12-6-4-5-7-13(12)27-14/h4-8H,9H2,1-3H3,(H,20,21). The number of nitrogens with one attached hydrogen (secondary N) is 1. The van der Waals surface area contributed by atoms with Gasteiger partial charge < -0.3 is 14.8 Å². The number of amides is 1. The Balaban J connectivity index is 1.65. The summed E-state index contributed by atoms with van der Waals surface area (Å²) in [5.41, 5.74) is 1.08. The molecule has 0 spiro atoms. The highest BCUT2D eigenvalue weighted by molar-refractivity contribution is 7.20. The quantitative estimate of drug-likeness (QED) is 0.647. The first-order chi connectivity index (χ1) is 12.9. The largest absolute Gasteiger partial charge is 0.465 e. The summed E-state index contributed by atoms with van der Waals surface area (Å²) >= 11 is 2.59. The maximum atomic E-state index is 12.2. The van der Waals surface area contributed by atoms with Gasteiger partial charge in [0.05, 0.1) is 12.7 Å². The summed E-state index contributed by atoms with van der Waals surface area (Å²) in [4.78, 5) is 37.6. The molecule has 1 N–H and O–H groups in total. The van der Waals surface area contributed by atoms with Gasteiger partial charge in [0, 0.05) is 9.58 Å². The zero-order valence-electron chi connectivity index (χ0n) is 15.0. The molecule has 1 amide bonds. The van der Waals surface area contributed by atoms with Gasteiger partial charge in [0.2, 0.25) is 0 Å². The first kappa shape index (κ1) is 19.1. The van der Waals surface area contributed by atoms with Crippen molar-refractivity contribution in [1.82, 2.24) is 0 Å². The summed E-state index contributed by atoms with van der Waals surface area (Å²) in [6.07, 6.45) is 0. The lowest BCUT2D eigenvalue weighted by atomic mass is 10.1. The number of benzene rings is 1. The van der Waals surface area contributed by atoms with E-state index in [1.54, 1.807) is 13.0 Å². The van der Waals surface area contributed by atoms with Gasteiger partial charge in [-0.2, -0.15) is 0 Å². The molecule has 0 bridgehead atoms. The molecule has 0 fully saturated rings. The number of rotatable bonds is 5. The van der Waals surface area contributed by atoms with Crippen LogP contribution in [0.1, 0.15) is 30.5 Å². The van der Waals surface area contributed by atoms with Crippen LogP contribution >= 0.6 is 22.7 Å². The monoisotopic (exact) mass is 403 g/mol. The molecule has 2 aromatic heterocycles. The van der Waals surface area contributed by atoms with Gasteiger partial charge >= 0.3 is 11.9 Å². The third kappa shape index (κ3) is 4.01. The minimum atomic E-state index is -0.557. The van der Waals surface area contributed by atoms with Crippen LogP contribution in [0.25, 0.3) is 10.1 Å². The average Bonchev–Trinajstić information content (AvgIpc) is 3.20. The molecule has 8 heteroatoms. The molecule has 0 saturated carbocycles. The first-order valence-electron chi connectivity index (χ1n) is 8.04. The number of aryl methyl sites for hydroxylation is 1. The summed E-state index contributed by atoms with van der Waals surface area (Å²) in [5, 5.41) is 3.96. The maximum absolute atomic E-state index is 12.2. The Bertz CT molecular complexity index is 1000. The Kier molecular flexibility index (Phi) is 5.57. The van der Waals surface area contributed by atoms with E-state index in [9.17, 15) is 14.4 Å². The van der Waals surface area contributed by atoms with Crippen molar-refractivity contribution >= 4 is 55.6 Å². The third-order valence-corrected chi connectivity index (χ3v) is 6.21. The minimum absolute atomic E-state index is 0.323. The van der Waals surface area contributed by atoms with E-state index in [0.717, 1.165) is 20.5 Å². The Morgan fingerprint density at radius 1 is 1.07 bits per heavy atom. The Morgan fingerprint density at radius 3 is 2.52 bits per heavy atom. The molecule has 0 aliphatic carbocycles. The zero-order chi connectivity index (χ0) is 19.6. The number of thiophene rings is 2. The van der Waals surface area contributed by atoms with E-state index in [1.807, 2.05) is 31.2 Å². The van der Waals surface area contributed by atoms with Crippen molar-refractivity contribution in [3.05, 3.63) is 51.2 Å². The van der Waals surface area contributed by atoms with E-state index in [2.05, 4.69) is 5.32 Å². The Morgan fingerprint density at radius 2 is 1.81 bits per heavy atom. The minimum Gasteiger partial charge on any atom is -0.465 e. The van der Waals surface area contributed by atoms with Crippen molar-refractivity contribution < 1.29 is 23.9 Å². The van der Waals surface area contributed by atoms with Crippen molar-refractivity contribution in [3.63, 3.8) is 0 Å². The fraction of sp³-hybridized carbons (Fsp3) is 0.211. The molecule has 0 unspecified atom stereocenters. The summed E-state index contributed by atoms with van der Waals surface area (Å²) in [5.74, 6) is -1.59. The van der Waals surface area contributed by atoms with E-state index in [-0.39, 0.29) is 0 Å². The fourth-order valence-electron chi connectivity index (χ4n) is 2.51. The van der Waals surface area contributed by atoms with E-state index >= 15 is 0 Å².